The summed E-state index contributed by atoms with van der Waals surface area (Å²) in [6.07, 6.45) is 54.6. The fourth-order valence-electron chi connectivity index (χ4n) is 5.75. The van der Waals surface area contributed by atoms with Gasteiger partial charge in [-0.25, -0.2) is 0 Å². The van der Waals surface area contributed by atoms with Crippen LogP contribution in [0.25, 0.3) is 0 Å². The molecule has 0 radical (unpaired) electrons. The van der Waals surface area contributed by atoms with E-state index in [1.54, 1.807) is 6.08 Å². The van der Waals surface area contributed by atoms with E-state index in [-0.39, 0.29) is 38.0 Å². The summed E-state index contributed by atoms with van der Waals surface area (Å²) in [6, 6.07) is 0. The van der Waals surface area contributed by atoms with E-state index in [1.807, 2.05) is 42.5 Å². The van der Waals surface area contributed by atoms with Crippen molar-refractivity contribution in [2.75, 3.05) is 13.2 Å². The van der Waals surface area contributed by atoms with Gasteiger partial charge in [-0.3, -0.25) is 14.4 Å². The van der Waals surface area contributed by atoms with Crippen LogP contribution in [-0.2, 0) is 28.6 Å². The van der Waals surface area contributed by atoms with Crippen molar-refractivity contribution in [3.05, 3.63) is 85.1 Å². The predicted octanol–water partition coefficient (Wildman–Crippen LogP) is 14.1. The molecule has 0 aliphatic heterocycles. The van der Waals surface area contributed by atoms with Gasteiger partial charge in [-0.15, -0.1) is 0 Å². The van der Waals surface area contributed by atoms with E-state index < -0.39 is 12.1 Å². The molecule has 0 aromatic rings. The van der Waals surface area contributed by atoms with Crippen LogP contribution in [0.4, 0.5) is 0 Å². The zero-order valence-corrected chi connectivity index (χ0v) is 35.4. The number of esters is 3. The zero-order chi connectivity index (χ0) is 40.1. The van der Waals surface area contributed by atoms with Crippen LogP contribution in [0.5, 0.6) is 0 Å². The van der Waals surface area contributed by atoms with Crippen molar-refractivity contribution in [1.82, 2.24) is 0 Å². The molecule has 0 spiro atoms. The smallest absolute Gasteiger partial charge is 0.309 e. The predicted molar refractivity (Wildman–Crippen MR) is 233 cm³/mol. The lowest BCUT2D eigenvalue weighted by atomic mass is 10.0. The maximum Gasteiger partial charge on any atom is 0.309 e. The summed E-state index contributed by atoms with van der Waals surface area (Å²) >= 11 is 0. The van der Waals surface area contributed by atoms with Crippen molar-refractivity contribution in [2.45, 2.75) is 194 Å². The number of unbranched alkanes of at least 4 members (excludes halogenated alkanes) is 17. The molecule has 0 saturated carbocycles. The summed E-state index contributed by atoms with van der Waals surface area (Å²) in [5, 5.41) is 0. The SMILES string of the molecule is CC\C=C/C=C\C=C/C=C\CCCCCC(=O)OC(COC(=O)C/C=C\C/C=C\C/C=C\CC)COC(=O)CCCCCCCCCCCCCCCCC. The fraction of sp³-hybridized carbons (Fsp3) is 0.653. The van der Waals surface area contributed by atoms with E-state index in [2.05, 4.69) is 57.2 Å². The first-order chi connectivity index (χ1) is 27.0. The van der Waals surface area contributed by atoms with Crippen molar-refractivity contribution in [3.63, 3.8) is 0 Å². The molecule has 0 aromatic heterocycles. The quantitative estimate of drug-likeness (QED) is 0.0205. The van der Waals surface area contributed by atoms with E-state index >= 15 is 0 Å². The molecule has 312 valence electrons. The molecule has 0 heterocycles. The second-order valence-electron chi connectivity index (χ2n) is 14.3. The Morgan fingerprint density at radius 3 is 1.42 bits per heavy atom. The van der Waals surface area contributed by atoms with Gasteiger partial charge in [0.1, 0.15) is 13.2 Å². The molecule has 0 aliphatic rings. The highest BCUT2D eigenvalue weighted by Crippen LogP contribution is 2.14. The molecule has 0 rings (SSSR count). The Kier molecular flexibility index (Phi) is 40.6. The lowest BCUT2D eigenvalue weighted by Gasteiger charge is -2.18. The average molecular weight is 765 g/mol. The molecular formula is C49H80O6. The minimum Gasteiger partial charge on any atom is -0.462 e. The van der Waals surface area contributed by atoms with Gasteiger partial charge in [-0.2, -0.15) is 0 Å². The molecule has 0 fully saturated rings. The molecule has 1 unspecified atom stereocenters. The van der Waals surface area contributed by atoms with Crippen LogP contribution in [-0.4, -0.2) is 37.2 Å². The van der Waals surface area contributed by atoms with Crippen molar-refractivity contribution < 1.29 is 28.6 Å². The van der Waals surface area contributed by atoms with Gasteiger partial charge in [0.15, 0.2) is 6.10 Å². The first-order valence-electron chi connectivity index (χ1n) is 22.1. The highest BCUT2D eigenvalue weighted by Gasteiger charge is 2.19. The third kappa shape index (κ3) is 41.6. The van der Waals surface area contributed by atoms with E-state index in [4.69, 9.17) is 14.2 Å². The van der Waals surface area contributed by atoms with Crippen molar-refractivity contribution in [3.8, 4) is 0 Å². The topological polar surface area (TPSA) is 78.9 Å². The van der Waals surface area contributed by atoms with Crippen LogP contribution >= 0.6 is 0 Å². The summed E-state index contributed by atoms with van der Waals surface area (Å²) in [6.45, 7) is 6.22. The summed E-state index contributed by atoms with van der Waals surface area (Å²) in [7, 11) is 0. The maximum absolute atomic E-state index is 12.7. The van der Waals surface area contributed by atoms with E-state index in [0.717, 1.165) is 64.2 Å². The van der Waals surface area contributed by atoms with Gasteiger partial charge in [0.25, 0.3) is 0 Å². The third-order valence-corrected chi connectivity index (χ3v) is 9.02. The molecule has 0 amide bonds. The molecule has 6 heteroatoms. The number of hydrogen-bond donors (Lipinski definition) is 0. The van der Waals surface area contributed by atoms with Crippen molar-refractivity contribution in [2.24, 2.45) is 0 Å². The normalized spacial score (nSPS) is 12.9. The summed E-state index contributed by atoms with van der Waals surface area (Å²) in [4.78, 5) is 37.6. The minimum absolute atomic E-state index is 0.119. The molecule has 1 atom stereocenters. The van der Waals surface area contributed by atoms with Gasteiger partial charge in [0, 0.05) is 12.8 Å². The lowest BCUT2D eigenvalue weighted by molar-refractivity contribution is -0.166. The van der Waals surface area contributed by atoms with Crippen molar-refractivity contribution >= 4 is 17.9 Å². The van der Waals surface area contributed by atoms with Crippen LogP contribution in [0.3, 0.4) is 0 Å². The second kappa shape index (κ2) is 43.3. The van der Waals surface area contributed by atoms with E-state index in [9.17, 15) is 14.4 Å². The molecule has 0 saturated heterocycles. The molecular weight excluding hydrogens is 685 g/mol. The Hall–Kier alpha value is -3.41. The van der Waals surface area contributed by atoms with Crippen LogP contribution in [0.15, 0.2) is 85.1 Å². The van der Waals surface area contributed by atoms with Crippen molar-refractivity contribution in [1.29, 1.82) is 0 Å². The summed E-state index contributed by atoms with van der Waals surface area (Å²) in [5.74, 6) is -1.10. The van der Waals surface area contributed by atoms with Gasteiger partial charge in [0.05, 0.1) is 6.42 Å². The van der Waals surface area contributed by atoms with Gasteiger partial charge in [-0.05, 0) is 51.4 Å². The monoisotopic (exact) mass is 765 g/mol. The van der Waals surface area contributed by atoms with Crippen LogP contribution in [0.1, 0.15) is 188 Å². The summed E-state index contributed by atoms with van der Waals surface area (Å²) < 4.78 is 16.5. The summed E-state index contributed by atoms with van der Waals surface area (Å²) in [5.41, 5.74) is 0. The zero-order valence-electron chi connectivity index (χ0n) is 35.4. The van der Waals surface area contributed by atoms with E-state index in [1.165, 1.54) is 77.0 Å². The Balaban J connectivity index is 4.48. The number of carbonyl (C=O) groups is 3. The fourth-order valence-corrected chi connectivity index (χ4v) is 5.75. The molecule has 55 heavy (non-hydrogen) atoms. The van der Waals surface area contributed by atoms with Gasteiger partial charge < -0.3 is 14.2 Å². The highest BCUT2D eigenvalue weighted by molar-refractivity contribution is 5.72. The third-order valence-electron chi connectivity index (χ3n) is 9.02. The Morgan fingerprint density at radius 1 is 0.418 bits per heavy atom. The average Bonchev–Trinajstić information content (AvgIpc) is 3.18. The molecule has 0 aromatic carbocycles. The number of hydrogen-bond acceptors (Lipinski definition) is 6. The molecule has 6 nitrogen and oxygen atoms in total. The van der Waals surface area contributed by atoms with Crippen LogP contribution in [0, 0.1) is 0 Å². The largest absolute Gasteiger partial charge is 0.462 e. The van der Waals surface area contributed by atoms with Crippen LogP contribution < -0.4 is 0 Å². The number of rotatable bonds is 38. The Morgan fingerprint density at radius 2 is 0.855 bits per heavy atom. The second-order valence-corrected chi connectivity index (χ2v) is 14.3. The minimum atomic E-state index is -0.828. The molecule has 0 bridgehead atoms. The molecule has 0 N–H and O–H groups in total. The first-order valence-corrected chi connectivity index (χ1v) is 22.1. The first kappa shape index (κ1) is 51.6. The van der Waals surface area contributed by atoms with Gasteiger partial charge in [0.2, 0.25) is 0 Å². The maximum atomic E-state index is 12.7. The van der Waals surface area contributed by atoms with Gasteiger partial charge in [-0.1, -0.05) is 202 Å². The Labute approximate surface area is 337 Å². The highest BCUT2D eigenvalue weighted by atomic mass is 16.6. The Bertz CT molecular complexity index is 1110. The standard InChI is InChI=1S/C49H80O6/c1-4-7-10-13-16-19-21-23-24-26-27-30-33-36-39-42-48(51)54-45-46(44-53-47(50)41-38-35-32-29-18-15-12-9-6-3)55-49(52)43-40-37-34-31-28-25-22-20-17-14-11-8-5-2/h8-9,11-12,14,17-18,20,22,25,28-29,35,38,46H,4-7,10,13,15-16,19,21,23-24,26-27,30-34,36-37,39-45H2,1-3H3/b11-8-,12-9-,17-14-,22-20-,28-25-,29-18-,38-35-. The number of allylic oxidation sites excluding steroid dienone is 13. The number of ether oxygens (including phenoxy) is 3. The van der Waals surface area contributed by atoms with Crippen LogP contribution in [0.2, 0.25) is 0 Å². The van der Waals surface area contributed by atoms with Gasteiger partial charge >= 0.3 is 17.9 Å². The lowest BCUT2D eigenvalue weighted by Crippen LogP contribution is -2.30. The number of carbonyl (C=O) groups excluding carboxylic acids is 3. The van der Waals surface area contributed by atoms with E-state index in [0.29, 0.717) is 12.8 Å². The molecule has 0 aliphatic carbocycles.